The van der Waals surface area contributed by atoms with Crippen molar-refractivity contribution in [3.8, 4) is 17.2 Å². The molecule has 0 bridgehead atoms. The summed E-state index contributed by atoms with van der Waals surface area (Å²) in [4.78, 5) is 12.4. The molecular weight excluding hydrogens is 280 g/mol. The number of carbonyl (C=O) groups is 1. The molecule has 2 aromatic rings. The maximum absolute atomic E-state index is 12.4. The van der Waals surface area contributed by atoms with E-state index in [9.17, 15) is 15.0 Å². The average Bonchev–Trinajstić information content (AvgIpc) is 2.40. The van der Waals surface area contributed by atoms with Gasteiger partial charge in [-0.2, -0.15) is 0 Å². The molecule has 2 aromatic carbocycles. The molecule has 0 heterocycles. The van der Waals surface area contributed by atoms with Crippen LogP contribution >= 0.6 is 0 Å². The molecule has 1 aliphatic rings. The van der Waals surface area contributed by atoms with E-state index in [0.29, 0.717) is 40.5 Å². The molecule has 0 saturated carbocycles. The lowest BCUT2D eigenvalue weighted by Crippen LogP contribution is -2.27. The molecule has 1 aliphatic carbocycles. The van der Waals surface area contributed by atoms with Gasteiger partial charge in [-0.25, -0.2) is 0 Å². The fraction of sp³-hybridized carbons (Fsp3) is 0.389. The zero-order valence-electron chi connectivity index (χ0n) is 13.3. The van der Waals surface area contributed by atoms with E-state index in [0.717, 1.165) is 5.56 Å². The maximum Gasteiger partial charge on any atom is 0.167 e. The van der Waals surface area contributed by atoms with Crippen LogP contribution in [0.4, 0.5) is 0 Å². The van der Waals surface area contributed by atoms with Gasteiger partial charge >= 0.3 is 0 Å². The summed E-state index contributed by atoms with van der Waals surface area (Å²) in [6.45, 7) is 5.81. The second-order valence-electron chi connectivity index (χ2n) is 6.85. The lowest BCUT2D eigenvalue weighted by molar-refractivity contribution is 0.0909. The van der Waals surface area contributed by atoms with E-state index in [1.165, 1.54) is 0 Å². The number of methoxy groups -OCH3 is 1. The molecule has 0 fully saturated rings. The highest BCUT2D eigenvalue weighted by Gasteiger charge is 2.34. The minimum absolute atomic E-state index is 0.0349. The summed E-state index contributed by atoms with van der Waals surface area (Å²) in [5.41, 5.74) is 1.61. The summed E-state index contributed by atoms with van der Waals surface area (Å²) < 4.78 is 5.27. The standard InChI is InChI=1S/C18H20O4/c1-9-13(22-4)6-10-5-11-7-18(2,3)8-12(19)14(11)17(21)15(10)16(9)20/h5-6,20-21H,7-8H2,1-4H3. The molecule has 116 valence electrons. The Morgan fingerprint density at radius 2 is 1.82 bits per heavy atom. The fourth-order valence-electron chi connectivity index (χ4n) is 3.43. The molecule has 2 N–H and O–H groups in total. The number of ketones is 1. The molecule has 0 aliphatic heterocycles. The van der Waals surface area contributed by atoms with Crippen LogP contribution in [0.1, 0.15) is 41.8 Å². The van der Waals surface area contributed by atoms with Crippen molar-refractivity contribution in [1.29, 1.82) is 0 Å². The Morgan fingerprint density at radius 1 is 1.14 bits per heavy atom. The highest BCUT2D eigenvalue weighted by molar-refractivity contribution is 6.09. The quantitative estimate of drug-likeness (QED) is 0.842. The molecule has 4 heteroatoms. The molecular formula is C18H20O4. The van der Waals surface area contributed by atoms with Crippen LogP contribution in [0.15, 0.2) is 12.1 Å². The van der Waals surface area contributed by atoms with Crippen LogP contribution < -0.4 is 4.74 Å². The summed E-state index contributed by atoms with van der Waals surface area (Å²) in [5.74, 6) is 0.341. The predicted molar refractivity (Wildman–Crippen MR) is 85.0 cm³/mol. The molecule has 0 spiro atoms. The van der Waals surface area contributed by atoms with E-state index < -0.39 is 0 Å². The molecule has 0 atom stereocenters. The third-order valence-corrected chi connectivity index (χ3v) is 4.47. The summed E-state index contributed by atoms with van der Waals surface area (Å²) in [6.07, 6.45) is 1.11. The van der Waals surface area contributed by atoms with Crippen LogP contribution in [0.25, 0.3) is 10.8 Å². The first-order valence-electron chi connectivity index (χ1n) is 7.33. The zero-order valence-corrected chi connectivity index (χ0v) is 13.3. The predicted octanol–water partition coefficient (Wildman–Crippen LogP) is 3.72. The van der Waals surface area contributed by atoms with E-state index in [-0.39, 0.29) is 22.7 Å². The van der Waals surface area contributed by atoms with Crippen LogP contribution in [-0.2, 0) is 6.42 Å². The normalized spacial score (nSPS) is 16.6. The number of rotatable bonds is 1. The lowest BCUT2D eigenvalue weighted by atomic mass is 9.73. The summed E-state index contributed by atoms with van der Waals surface area (Å²) in [7, 11) is 1.54. The van der Waals surface area contributed by atoms with Crippen molar-refractivity contribution >= 4 is 16.6 Å². The van der Waals surface area contributed by atoms with E-state index in [1.54, 1.807) is 20.1 Å². The molecule has 0 amide bonds. The van der Waals surface area contributed by atoms with E-state index in [2.05, 4.69) is 0 Å². The summed E-state index contributed by atoms with van der Waals surface area (Å²) in [6, 6.07) is 3.67. The lowest BCUT2D eigenvalue weighted by Gasteiger charge is -2.31. The van der Waals surface area contributed by atoms with Gasteiger partial charge in [-0.1, -0.05) is 13.8 Å². The molecule has 22 heavy (non-hydrogen) atoms. The van der Waals surface area contributed by atoms with Crippen LogP contribution in [0.2, 0.25) is 0 Å². The summed E-state index contributed by atoms with van der Waals surface area (Å²) >= 11 is 0. The first-order chi connectivity index (χ1) is 10.2. The molecule has 0 saturated heterocycles. The number of aromatic hydroxyl groups is 2. The largest absolute Gasteiger partial charge is 0.507 e. The molecule has 4 nitrogen and oxygen atoms in total. The Kier molecular flexibility index (Phi) is 3.09. The SMILES string of the molecule is COc1cc2cc3c(c(O)c2c(O)c1C)C(=O)CC(C)(C)C3. The van der Waals surface area contributed by atoms with Crippen LogP contribution in [0, 0.1) is 12.3 Å². The summed E-state index contributed by atoms with van der Waals surface area (Å²) in [5, 5.41) is 22.0. The van der Waals surface area contributed by atoms with Crippen molar-refractivity contribution in [3.63, 3.8) is 0 Å². The van der Waals surface area contributed by atoms with Crippen molar-refractivity contribution < 1.29 is 19.7 Å². The number of hydrogen-bond donors (Lipinski definition) is 2. The maximum atomic E-state index is 12.4. The number of ether oxygens (including phenoxy) is 1. The number of carbonyl (C=O) groups excluding carboxylic acids is 1. The third-order valence-electron chi connectivity index (χ3n) is 4.47. The number of Topliss-reactive ketones (excluding diaryl/α,β-unsaturated/α-hetero) is 1. The first kappa shape index (κ1) is 14.7. The van der Waals surface area contributed by atoms with Gasteiger partial charge in [0.25, 0.3) is 0 Å². The molecule has 0 aromatic heterocycles. The topological polar surface area (TPSA) is 66.8 Å². The Hall–Kier alpha value is -2.23. The Morgan fingerprint density at radius 3 is 2.45 bits per heavy atom. The highest BCUT2D eigenvalue weighted by atomic mass is 16.5. The second kappa shape index (κ2) is 4.63. The van der Waals surface area contributed by atoms with Crippen molar-refractivity contribution in [3.05, 3.63) is 28.8 Å². The van der Waals surface area contributed by atoms with Gasteiger partial charge in [0.1, 0.15) is 17.2 Å². The van der Waals surface area contributed by atoms with E-state index in [4.69, 9.17) is 4.74 Å². The van der Waals surface area contributed by atoms with Gasteiger partial charge < -0.3 is 14.9 Å². The molecule has 0 unspecified atom stereocenters. The number of benzene rings is 2. The van der Waals surface area contributed by atoms with Gasteiger partial charge in [0.15, 0.2) is 5.78 Å². The zero-order chi connectivity index (χ0) is 16.2. The van der Waals surface area contributed by atoms with Crippen molar-refractivity contribution in [2.45, 2.75) is 33.6 Å². The Labute approximate surface area is 129 Å². The number of fused-ring (bicyclic) bond motifs is 2. The van der Waals surface area contributed by atoms with Crippen LogP contribution in [-0.4, -0.2) is 23.1 Å². The van der Waals surface area contributed by atoms with Gasteiger partial charge in [0, 0.05) is 12.0 Å². The first-order valence-corrected chi connectivity index (χ1v) is 7.33. The second-order valence-corrected chi connectivity index (χ2v) is 6.85. The van der Waals surface area contributed by atoms with Gasteiger partial charge in [0.05, 0.1) is 18.1 Å². The van der Waals surface area contributed by atoms with Gasteiger partial charge in [-0.15, -0.1) is 0 Å². The third kappa shape index (κ3) is 2.02. The van der Waals surface area contributed by atoms with E-state index in [1.807, 2.05) is 19.9 Å². The smallest absolute Gasteiger partial charge is 0.167 e. The molecule has 3 rings (SSSR count). The fourth-order valence-corrected chi connectivity index (χ4v) is 3.43. The number of phenols is 2. The van der Waals surface area contributed by atoms with Crippen LogP contribution in [0.5, 0.6) is 17.2 Å². The van der Waals surface area contributed by atoms with Crippen molar-refractivity contribution in [2.24, 2.45) is 5.41 Å². The minimum atomic E-state index is -0.124. The van der Waals surface area contributed by atoms with Gasteiger partial charge in [-0.3, -0.25) is 4.79 Å². The number of hydrogen-bond acceptors (Lipinski definition) is 4. The highest BCUT2D eigenvalue weighted by Crippen LogP contribution is 2.46. The van der Waals surface area contributed by atoms with Crippen molar-refractivity contribution in [1.82, 2.24) is 0 Å². The average molecular weight is 300 g/mol. The Bertz CT molecular complexity index is 803. The van der Waals surface area contributed by atoms with Crippen molar-refractivity contribution in [2.75, 3.05) is 7.11 Å². The monoisotopic (exact) mass is 300 g/mol. The molecule has 0 radical (unpaired) electrons. The van der Waals surface area contributed by atoms with E-state index >= 15 is 0 Å². The van der Waals surface area contributed by atoms with Gasteiger partial charge in [-0.05, 0) is 41.8 Å². The Balaban J connectivity index is 2.39. The van der Waals surface area contributed by atoms with Gasteiger partial charge in [0.2, 0.25) is 0 Å². The van der Waals surface area contributed by atoms with Crippen LogP contribution in [0.3, 0.4) is 0 Å². The minimum Gasteiger partial charge on any atom is -0.507 e. The number of phenolic OH excluding ortho intramolecular Hbond substituents is 2.